The van der Waals surface area contributed by atoms with Crippen LogP contribution in [-0.2, 0) is 4.79 Å². The SMILES string of the molecule is CCNCCC(=O)Nc1ccc(C(=O)O)c(F)c1. The molecule has 0 aliphatic rings. The van der Waals surface area contributed by atoms with Crippen molar-refractivity contribution in [2.45, 2.75) is 13.3 Å². The van der Waals surface area contributed by atoms with Gasteiger partial charge >= 0.3 is 5.97 Å². The minimum Gasteiger partial charge on any atom is -0.478 e. The summed E-state index contributed by atoms with van der Waals surface area (Å²) in [6.07, 6.45) is 0.274. The van der Waals surface area contributed by atoms with E-state index >= 15 is 0 Å². The largest absolute Gasteiger partial charge is 0.478 e. The topological polar surface area (TPSA) is 78.4 Å². The number of amides is 1. The van der Waals surface area contributed by atoms with Crippen molar-refractivity contribution in [2.75, 3.05) is 18.4 Å². The lowest BCUT2D eigenvalue weighted by molar-refractivity contribution is -0.116. The van der Waals surface area contributed by atoms with Crippen molar-refractivity contribution in [3.05, 3.63) is 29.6 Å². The van der Waals surface area contributed by atoms with Gasteiger partial charge in [-0.2, -0.15) is 0 Å². The molecule has 0 unspecified atom stereocenters. The van der Waals surface area contributed by atoms with Gasteiger partial charge in [-0.1, -0.05) is 6.92 Å². The fourth-order valence-electron chi connectivity index (χ4n) is 1.37. The molecule has 0 aromatic heterocycles. The molecule has 1 amide bonds. The van der Waals surface area contributed by atoms with Crippen molar-refractivity contribution < 1.29 is 19.1 Å². The summed E-state index contributed by atoms with van der Waals surface area (Å²) in [5.74, 6) is -2.46. The van der Waals surface area contributed by atoms with E-state index in [0.717, 1.165) is 18.7 Å². The van der Waals surface area contributed by atoms with Crippen LogP contribution in [0.1, 0.15) is 23.7 Å². The summed E-state index contributed by atoms with van der Waals surface area (Å²) in [5.41, 5.74) is -0.167. The predicted molar refractivity (Wildman–Crippen MR) is 65.1 cm³/mol. The van der Waals surface area contributed by atoms with Crippen LogP contribution in [0, 0.1) is 5.82 Å². The number of benzene rings is 1. The summed E-state index contributed by atoms with van der Waals surface area (Å²) in [4.78, 5) is 22.0. The highest BCUT2D eigenvalue weighted by Crippen LogP contribution is 2.14. The summed E-state index contributed by atoms with van der Waals surface area (Å²) >= 11 is 0. The number of halogens is 1. The summed E-state index contributed by atoms with van der Waals surface area (Å²) in [5, 5.41) is 14.1. The van der Waals surface area contributed by atoms with Gasteiger partial charge in [0.05, 0.1) is 5.56 Å². The third-order valence-corrected chi connectivity index (χ3v) is 2.26. The van der Waals surface area contributed by atoms with Crippen LogP contribution in [0.25, 0.3) is 0 Å². The van der Waals surface area contributed by atoms with E-state index in [1.165, 1.54) is 6.07 Å². The third kappa shape index (κ3) is 4.14. The predicted octanol–water partition coefficient (Wildman–Crippen LogP) is 1.46. The Morgan fingerprint density at radius 2 is 2.11 bits per heavy atom. The van der Waals surface area contributed by atoms with Crippen LogP contribution < -0.4 is 10.6 Å². The first-order chi connectivity index (χ1) is 8.54. The number of hydrogen-bond donors (Lipinski definition) is 3. The zero-order valence-corrected chi connectivity index (χ0v) is 10.00. The lowest BCUT2D eigenvalue weighted by atomic mass is 10.2. The fraction of sp³-hybridized carbons (Fsp3) is 0.333. The van der Waals surface area contributed by atoms with E-state index in [2.05, 4.69) is 10.6 Å². The molecule has 0 saturated carbocycles. The van der Waals surface area contributed by atoms with E-state index in [4.69, 9.17) is 5.11 Å². The number of carboxylic acids is 1. The maximum atomic E-state index is 13.3. The Kier molecular flexibility index (Phi) is 5.26. The molecule has 0 heterocycles. The molecule has 0 bridgehead atoms. The monoisotopic (exact) mass is 254 g/mol. The molecule has 0 atom stereocenters. The van der Waals surface area contributed by atoms with Gasteiger partial charge in [-0.15, -0.1) is 0 Å². The quantitative estimate of drug-likeness (QED) is 0.672. The van der Waals surface area contributed by atoms with Crippen molar-refractivity contribution in [1.29, 1.82) is 0 Å². The lowest BCUT2D eigenvalue weighted by Gasteiger charge is -2.06. The Labute approximate surface area is 104 Å². The molecule has 18 heavy (non-hydrogen) atoms. The van der Waals surface area contributed by atoms with Gasteiger partial charge in [0.15, 0.2) is 0 Å². The molecule has 1 aromatic carbocycles. The Morgan fingerprint density at radius 3 is 2.67 bits per heavy atom. The lowest BCUT2D eigenvalue weighted by Crippen LogP contribution is -2.21. The number of rotatable bonds is 6. The summed E-state index contributed by atoms with van der Waals surface area (Å²) in [6, 6.07) is 3.48. The van der Waals surface area contributed by atoms with Gasteiger partial charge in [0.2, 0.25) is 5.91 Å². The molecule has 0 spiro atoms. The zero-order chi connectivity index (χ0) is 13.5. The molecular formula is C12H15FN2O3. The summed E-state index contributed by atoms with van der Waals surface area (Å²) in [7, 11) is 0. The smallest absolute Gasteiger partial charge is 0.338 e. The van der Waals surface area contributed by atoms with E-state index in [0.29, 0.717) is 6.54 Å². The number of hydrogen-bond acceptors (Lipinski definition) is 3. The van der Waals surface area contributed by atoms with Gasteiger partial charge in [0.1, 0.15) is 5.82 Å². The molecule has 1 aromatic rings. The van der Waals surface area contributed by atoms with Crippen LogP contribution in [0.2, 0.25) is 0 Å². The molecule has 0 saturated heterocycles. The molecule has 6 heteroatoms. The molecule has 0 aliphatic heterocycles. The van der Waals surface area contributed by atoms with Gasteiger partial charge in [-0.05, 0) is 24.7 Å². The number of carboxylic acid groups (broad SMARTS) is 1. The van der Waals surface area contributed by atoms with Crippen molar-refractivity contribution in [1.82, 2.24) is 5.32 Å². The first-order valence-corrected chi connectivity index (χ1v) is 5.58. The van der Waals surface area contributed by atoms with Crippen molar-refractivity contribution in [3.63, 3.8) is 0 Å². The Morgan fingerprint density at radius 1 is 1.39 bits per heavy atom. The van der Waals surface area contributed by atoms with Crippen molar-refractivity contribution >= 4 is 17.6 Å². The number of anilines is 1. The van der Waals surface area contributed by atoms with E-state index in [9.17, 15) is 14.0 Å². The second kappa shape index (κ2) is 6.70. The molecule has 1 rings (SSSR count). The normalized spacial score (nSPS) is 10.1. The maximum absolute atomic E-state index is 13.3. The molecular weight excluding hydrogens is 239 g/mol. The zero-order valence-electron chi connectivity index (χ0n) is 10.00. The van der Waals surface area contributed by atoms with Crippen LogP contribution in [0.4, 0.5) is 10.1 Å². The highest BCUT2D eigenvalue weighted by Gasteiger charge is 2.11. The molecule has 98 valence electrons. The van der Waals surface area contributed by atoms with Crippen LogP contribution in [-0.4, -0.2) is 30.1 Å². The van der Waals surface area contributed by atoms with Crippen LogP contribution >= 0.6 is 0 Å². The Balaban J connectivity index is 2.60. The molecule has 0 radical (unpaired) electrons. The van der Waals surface area contributed by atoms with E-state index in [-0.39, 0.29) is 18.0 Å². The Hall–Kier alpha value is -1.95. The standard InChI is InChI=1S/C12H15FN2O3/c1-2-14-6-5-11(16)15-8-3-4-9(12(17)18)10(13)7-8/h3-4,7,14H,2,5-6H2,1H3,(H,15,16)(H,17,18). The summed E-state index contributed by atoms with van der Waals surface area (Å²) in [6.45, 7) is 3.24. The van der Waals surface area contributed by atoms with Crippen molar-refractivity contribution in [2.24, 2.45) is 0 Å². The number of nitrogens with one attached hydrogen (secondary N) is 2. The molecule has 3 N–H and O–H groups in total. The Bertz CT molecular complexity index is 449. The first kappa shape index (κ1) is 14.1. The van der Waals surface area contributed by atoms with E-state index < -0.39 is 17.3 Å². The average Bonchev–Trinajstić information content (AvgIpc) is 2.28. The van der Waals surface area contributed by atoms with Gasteiger partial charge in [0, 0.05) is 18.7 Å². The van der Waals surface area contributed by atoms with E-state index in [1.54, 1.807) is 0 Å². The van der Waals surface area contributed by atoms with E-state index in [1.807, 2.05) is 6.92 Å². The number of aromatic carboxylic acids is 1. The highest BCUT2D eigenvalue weighted by molar-refractivity contribution is 5.92. The van der Waals surface area contributed by atoms with Gasteiger partial charge in [-0.3, -0.25) is 4.79 Å². The highest BCUT2D eigenvalue weighted by atomic mass is 19.1. The average molecular weight is 254 g/mol. The molecule has 0 fully saturated rings. The number of carbonyl (C=O) groups excluding carboxylic acids is 1. The molecule has 5 nitrogen and oxygen atoms in total. The molecule has 0 aliphatic carbocycles. The minimum absolute atomic E-state index is 0.249. The summed E-state index contributed by atoms with van der Waals surface area (Å²) < 4.78 is 13.3. The van der Waals surface area contributed by atoms with Gasteiger partial charge < -0.3 is 15.7 Å². The first-order valence-electron chi connectivity index (χ1n) is 5.58. The fourth-order valence-corrected chi connectivity index (χ4v) is 1.37. The minimum atomic E-state index is -1.34. The van der Waals surface area contributed by atoms with Gasteiger partial charge in [0.25, 0.3) is 0 Å². The third-order valence-electron chi connectivity index (χ3n) is 2.26. The van der Waals surface area contributed by atoms with Crippen LogP contribution in [0.5, 0.6) is 0 Å². The maximum Gasteiger partial charge on any atom is 0.338 e. The van der Waals surface area contributed by atoms with Crippen molar-refractivity contribution in [3.8, 4) is 0 Å². The number of carbonyl (C=O) groups is 2. The second-order valence-electron chi connectivity index (χ2n) is 3.65. The van der Waals surface area contributed by atoms with Crippen LogP contribution in [0.3, 0.4) is 0 Å². The second-order valence-corrected chi connectivity index (χ2v) is 3.65. The van der Waals surface area contributed by atoms with Gasteiger partial charge in [-0.25, -0.2) is 9.18 Å². The van der Waals surface area contributed by atoms with Crippen LogP contribution in [0.15, 0.2) is 18.2 Å².